The Kier molecular flexibility index (Phi) is 4.12. The van der Waals surface area contributed by atoms with Crippen LogP contribution in [-0.2, 0) is 9.53 Å². The lowest BCUT2D eigenvalue weighted by Gasteiger charge is -2.38. The third kappa shape index (κ3) is 2.58. The van der Waals surface area contributed by atoms with Crippen LogP contribution in [-0.4, -0.2) is 33.6 Å². The second-order valence-corrected chi connectivity index (χ2v) is 7.97. The normalized spacial score (nSPS) is 26.6. The van der Waals surface area contributed by atoms with Gasteiger partial charge in [0.2, 0.25) is 6.79 Å². The Balaban J connectivity index is 1.75. The number of carbonyl (C=O) groups excluding carboxylic acids is 1. The molecule has 2 aromatic carbocycles. The molecule has 3 aliphatic rings. The van der Waals surface area contributed by atoms with Crippen molar-refractivity contribution in [3.8, 4) is 23.0 Å². The van der Waals surface area contributed by atoms with Crippen molar-refractivity contribution >= 4 is 5.97 Å². The van der Waals surface area contributed by atoms with Crippen LogP contribution in [0.2, 0.25) is 0 Å². The Bertz CT molecular complexity index is 972. The smallest absolute Gasteiger partial charge is 0.310 e. The molecule has 1 saturated heterocycles. The highest BCUT2D eigenvalue weighted by Crippen LogP contribution is 2.55. The molecule has 5 rings (SSSR count). The zero-order valence-corrected chi connectivity index (χ0v) is 17.0. The van der Waals surface area contributed by atoms with Crippen molar-refractivity contribution in [1.29, 1.82) is 0 Å². The molecule has 0 spiro atoms. The van der Waals surface area contributed by atoms with E-state index in [1.807, 2.05) is 25.1 Å². The highest BCUT2D eigenvalue weighted by molar-refractivity contribution is 5.79. The summed E-state index contributed by atoms with van der Waals surface area (Å²) in [6.07, 6.45) is 0. The molecule has 0 aromatic heterocycles. The molecule has 0 saturated carbocycles. The predicted molar refractivity (Wildman–Crippen MR) is 105 cm³/mol. The van der Waals surface area contributed by atoms with Crippen LogP contribution < -0.4 is 18.9 Å². The van der Waals surface area contributed by atoms with E-state index in [0.29, 0.717) is 6.61 Å². The molecule has 0 N–H and O–H groups in total. The first-order valence-electron chi connectivity index (χ1n) is 9.86. The van der Waals surface area contributed by atoms with Gasteiger partial charge in [-0.25, -0.2) is 0 Å². The molecular weight excluding hydrogens is 372 g/mol. The summed E-state index contributed by atoms with van der Waals surface area (Å²) in [4.78, 5) is 12.8. The van der Waals surface area contributed by atoms with Crippen LogP contribution in [0.25, 0.3) is 0 Å². The zero-order valence-electron chi connectivity index (χ0n) is 17.0. The average Bonchev–Trinajstić information content (AvgIpc) is 3.34. The number of cyclic esters (lactones) is 1. The van der Waals surface area contributed by atoms with Gasteiger partial charge in [-0.1, -0.05) is 6.92 Å². The minimum absolute atomic E-state index is 0.110. The quantitative estimate of drug-likeness (QED) is 0.736. The lowest BCUT2D eigenvalue weighted by atomic mass is 9.63. The van der Waals surface area contributed by atoms with Gasteiger partial charge in [0, 0.05) is 17.4 Å². The molecular formula is C23H24O6. The number of ether oxygens (including phenoxy) is 5. The van der Waals surface area contributed by atoms with E-state index in [9.17, 15) is 4.79 Å². The molecule has 0 amide bonds. The van der Waals surface area contributed by atoms with Crippen LogP contribution in [0.1, 0.15) is 41.0 Å². The first-order chi connectivity index (χ1) is 14.0. The Hall–Kier alpha value is -2.89. The molecule has 2 aromatic rings. The Labute approximate surface area is 169 Å². The van der Waals surface area contributed by atoms with Gasteiger partial charge in [-0.15, -0.1) is 0 Å². The number of methoxy groups -OCH3 is 2. The molecule has 6 nitrogen and oxygen atoms in total. The van der Waals surface area contributed by atoms with Gasteiger partial charge in [-0.2, -0.15) is 0 Å². The average molecular weight is 396 g/mol. The first-order valence-corrected chi connectivity index (χ1v) is 9.86. The van der Waals surface area contributed by atoms with E-state index in [-0.39, 0.29) is 36.4 Å². The molecule has 2 aliphatic heterocycles. The fraction of sp³-hybridized carbons (Fsp3) is 0.435. The van der Waals surface area contributed by atoms with Gasteiger partial charge in [0.15, 0.2) is 11.5 Å². The largest absolute Gasteiger partial charge is 0.496 e. The lowest BCUT2D eigenvalue weighted by molar-refractivity contribution is -0.141. The number of esters is 1. The van der Waals surface area contributed by atoms with Gasteiger partial charge in [0.25, 0.3) is 0 Å². The summed E-state index contributed by atoms with van der Waals surface area (Å²) in [6.45, 7) is 4.78. The maximum Gasteiger partial charge on any atom is 0.310 e. The van der Waals surface area contributed by atoms with Crippen molar-refractivity contribution in [1.82, 2.24) is 0 Å². The molecule has 0 radical (unpaired) electrons. The molecule has 29 heavy (non-hydrogen) atoms. The minimum atomic E-state index is -0.255. The number of rotatable bonds is 3. The minimum Gasteiger partial charge on any atom is -0.496 e. The van der Waals surface area contributed by atoms with Crippen LogP contribution in [0.4, 0.5) is 0 Å². The Morgan fingerprint density at radius 3 is 2.17 bits per heavy atom. The number of hydrogen-bond donors (Lipinski definition) is 0. The zero-order chi connectivity index (χ0) is 20.3. The van der Waals surface area contributed by atoms with Gasteiger partial charge in [-0.05, 0) is 53.8 Å². The number of benzene rings is 2. The van der Waals surface area contributed by atoms with Crippen molar-refractivity contribution < 1.29 is 28.5 Å². The van der Waals surface area contributed by atoms with Crippen LogP contribution in [0.15, 0.2) is 24.3 Å². The van der Waals surface area contributed by atoms with Gasteiger partial charge in [0.05, 0.1) is 26.7 Å². The second-order valence-electron chi connectivity index (χ2n) is 7.97. The maximum atomic E-state index is 12.8. The van der Waals surface area contributed by atoms with E-state index in [4.69, 9.17) is 23.7 Å². The summed E-state index contributed by atoms with van der Waals surface area (Å²) >= 11 is 0. The maximum absolute atomic E-state index is 12.8. The Morgan fingerprint density at radius 2 is 1.55 bits per heavy atom. The molecule has 1 fully saturated rings. The standard InChI is InChI=1S/C23H24O6/c1-11-14-7-19-20(29-10-28-19)8-15(14)21(22-16(11)9-27-23(22)24)13-5-17(25-3)12(2)18(6-13)26-4/h5-8,11,16,21-22H,9-10H2,1-4H3/t11?,16?,21-,22+/m1/s1. The van der Waals surface area contributed by atoms with E-state index in [1.165, 1.54) is 5.56 Å². The molecule has 152 valence electrons. The summed E-state index contributed by atoms with van der Waals surface area (Å²) < 4.78 is 28.0. The third-order valence-electron chi connectivity index (χ3n) is 6.69. The summed E-state index contributed by atoms with van der Waals surface area (Å²) in [5.41, 5.74) is 4.16. The van der Waals surface area contributed by atoms with Crippen LogP contribution >= 0.6 is 0 Å². The van der Waals surface area contributed by atoms with Gasteiger partial charge in [-0.3, -0.25) is 4.79 Å². The fourth-order valence-corrected chi connectivity index (χ4v) is 5.13. The third-order valence-corrected chi connectivity index (χ3v) is 6.69. The summed E-state index contributed by atoms with van der Waals surface area (Å²) in [5, 5.41) is 0. The molecule has 2 heterocycles. The highest BCUT2D eigenvalue weighted by atomic mass is 16.7. The Morgan fingerprint density at radius 1 is 0.931 bits per heavy atom. The number of carbonyl (C=O) groups is 1. The van der Waals surface area contributed by atoms with Crippen LogP contribution in [0.5, 0.6) is 23.0 Å². The topological polar surface area (TPSA) is 63.2 Å². The number of hydrogen-bond acceptors (Lipinski definition) is 6. The molecule has 4 atom stereocenters. The van der Waals surface area contributed by atoms with Crippen molar-refractivity contribution in [2.45, 2.75) is 25.7 Å². The summed E-state index contributed by atoms with van der Waals surface area (Å²) in [6, 6.07) is 8.11. The van der Waals surface area contributed by atoms with Crippen molar-refractivity contribution in [3.63, 3.8) is 0 Å². The fourth-order valence-electron chi connectivity index (χ4n) is 5.13. The highest BCUT2D eigenvalue weighted by Gasteiger charge is 2.51. The van der Waals surface area contributed by atoms with E-state index in [0.717, 1.165) is 39.7 Å². The second kappa shape index (κ2) is 6.58. The monoisotopic (exact) mass is 396 g/mol. The van der Waals surface area contributed by atoms with Gasteiger partial charge in [0.1, 0.15) is 11.5 Å². The summed E-state index contributed by atoms with van der Waals surface area (Å²) in [7, 11) is 3.29. The molecule has 2 unspecified atom stereocenters. The SMILES string of the molecule is COc1cc([C@@H]2c3cc4c(cc3C(C)C3COC(=O)[C@@H]32)OCO4)cc(OC)c1C. The van der Waals surface area contributed by atoms with E-state index >= 15 is 0 Å². The molecule has 1 aliphatic carbocycles. The predicted octanol–water partition coefficient (Wildman–Crippen LogP) is 3.78. The van der Waals surface area contributed by atoms with Crippen LogP contribution in [0.3, 0.4) is 0 Å². The van der Waals surface area contributed by atoms with Crippen molar-refractivity contribution in [2.24, 2.45) is 11.8 Å². The summed E-state index contributed by atoms with van der Waals surface area (Å²) in [5.74, 6) is 2.68. The van der Waals surface area contributed by atoms with Gasteiger partial charge < -0.3 is 23.7 Å². The van der Waals surface area contributed by atoms with E-state index in [2.05, 4.69) is 13.0 Å². The van der Waals surface area contributed by atoms with Crippen molar-refractivity contribution in [2.75, 3.05) is 27.6 Å². The lowest BCUT2D eigenvalue weighted by Crippen LogP contribution is -2.33. The first kappa shape index (κ1) is 18.2. The molecule has 0 bridgehead atoms. The number of fused-ring (bicyclic) bond motifs is 3. The van der Waals surface area contributed by atoms with Crippen molar-refractivity contribution in [3.05, 3.63) is 46.5 Å². The molecule has 6 heteroatoms. The van der Waals surface area contributed by atoms with Gasteiger partial charge >= 0.3 is 5.97 Å². The van der Waals surface area contributed by atoms with E-state index in [1.54, 1.807) is 14.2 Å². The van der Waals surface area contributed by atoms with E-state index < -0.39 is 0 Å². The van der Waals surface area contributed by atoms with Crippen LogP contribution in [0, 0.1) is 18.8 Å².